The number of nitrogens with zero attached hydrogens (tertiary/aromatic N) is 6. The van der Waals surface area contributed by atoms with Crippen LogP contribution in [0.5, 0.6) is 5.75 Å². The minimum Gasteiger partial charge on any atom is -0.489 e. The monoisotopic (exact) mass is 490 g/mol. The zero-order valence-corrected chi connectivity index (χ0v) is 20.1. The first-order valence-electron chi connectivity index (χ1n) is 10.9. The highest BCUT2D eigenvalue weighted by Crippen LogP contribution is 2.29. The van der Waals surface area contributed by atoms with Crippen LogP contribution in [0.15, 0.2) is 30.6 Å². The first-order chi connectivity index (χ1) is 15.8. The molecule has 0 saturated carbocycles. The second kappa shape index (κ2) is 10.2. The SMILES string of the molecule is CS(=O)(=O)N1CCN(Cc2ccc(OC3CCN(c4ncc(C#N)cn4)CC3)c(Cl)c2)CC1. The molecule has 0 atom stereocenters. The minimum absolute atomic E-state index is 0.0621. The average Bonchev–Trinajstić information content (AvgIpc) is 2.81. The maximum Gasteiger partial charge on any atom is 0.225 e. The summed E-state index contributed by atoms with van der Waals surface area (Å²) in [5, 5.41) is 9.46. The van der Waals surface area contributed by atoms with Gasteiger partial charge in [-0.25, -0.2) is 18.4 Å². The Bertz CT molecular complexity index is 1110. The maximum absolute atomic E-state index is 11.7. The normalized spacial score (nSPS) is 18.8. The predicted octanol–water partition coefficient (Wildman–Crippen LogP) is 2.13. The van der Waals surface area contributed by atoms with Gasteiger partial charge in [-0.2, -0.15) is 9.57 Å². The van der Waals surface area contributed by atoms with Crippen LogP contribution >= 0.6 is 11.6 Å². The van der Waals surface area contributed by atoms with E-state index in [1.807, 2.05) is 24.3 Å². The topological polar surface area (TPSA) is 103 Å². The van der Waals surface area contributed by atoms with Crippen LogP contribution in [-0.2, 0) is 16.6 Å². The number of halogens is 1. The molecule has 1 aromatic carbocycles. The third-order valence-electron chi connectivity index (χ3n) is 5.99. The fourth-order valence-corrected chi connectivity index (χ4v) is 5.19. The third-order valence-corrected chi connectivity index (χ3v) is 7.59. The summed E-state index contributed by atoms with van der Waals surface area (Å²) < 4.78 is 31.0. The van der Waals surface area contributed by atoms with Crippen LogP contribution in [0.25, 0.3) is 0 Å². The minimum atomic E-state index is -3.12. The molecule has 0 bridgehead atoms. The first-order valence-corrected chi connectivity index (χ1v) is 13.1. The van der Waals surface area contributed by atoms with Crippen LogP contribution in [0, 0.1) is 11.3 Å². The van der Waals surface area contributed by atoms with Crippen molar-refractivity contribution in [3.63, 3.8) is 0 Å². The molecule has 3 heterocycles. The largest absolute Gasteiger partial charge is 0.489 e. The molecule has 0 spiro atoms. The van der Waals surface area contributed by atoms with E-state index in [1.54, 1.807) is 0 Å². The van der Waals surface area contributed by atoms with Gasteiger partial charge in [0.25, 0.3) is 0 Å². The molecule has 0 N–H and O–H groups in total. The molecular formula is C22H27ClN6O3S. The van der Waals surface area contributed by atoms with E-state index in [1.165, 1.54) is 23.0 Å². The molecule has 0 radical (unpaired) electrons. The van der Waals surface area contributed by atoms with E-state index < -0.39 is 10.0 Å². The number of anilines is 1. The number of sulfonamides is 1. The van der Waals surface area contributed by atoms with Gasteiger partial charge in [0, 0.05) is 58.7 Å². The van der Waals surface area contributed by atoms with E-state index in [4.69, 9.17) is 21.6 Å². The lowest BCUT2D eigenvalue weighted by molar-refractivity contribution is 0.170. The zero-order chi connectivity index (χ0) is 23.4. The van der Waals surface area contributed by atoms with E-state index in [0.29, 0.717) is 48.5 Å². The first kappa shape index (κ1) is 23.7. The fourth-order valence-electron chi connectivity index (χ4n) is 4.11. The molecule has 2 aliphatic rings. The summed E-state index contributed by atoms with van der Waals surface area (Å²) in [7, 11) is -3.12. The van der Waals surface area contributed by atoms with E-state index in [-0.39, 0.29) is 6.10 Å². The summed E-state index contributed by atoms with van der Waals surface area (Å²) in [6.07, 6.45) is 6.05. The van der Waals surface area contributed by atoms with Crippen molar-refractivity contribution in [2.75, 3.05) is 50.4 Å². The van der Waals surface area contributed by atoms with Gasteiger partial charge in [0.2, 0.25) is 16.0 Å². The van der Waals surface area contributed by atoms with Gasteiger partial charge in [0.15, 0.2) is 0 Å². The summed E-state index contributed by atoms with van der Waals surface area (Å²) in [6.45, 7) is 4.69. The van der Waals surface area contributed by atoms with Crippen molar-refractivity contribution in [2.24, 2.45) is 0 Å². The van der Waals surface area contributed by atoms with Crippen LogP contribution in [0.1, 0.15) is 24.0 Å². The number of benzene rings is 1. The number of rotatable bonds is 6. The Morgan fingerprint density at radius 1 is 1.12 bits per heavy atom. The molecule has 11 heteroatoms. The molecule has 0 aliphatic carbocycles. The van der Waals surface area contributed by atoms with Crippen molar-refractivity contribution in [3.05, 3.63) is 46.7 Å². The molecule has 2 aromatic rings. The Hall–Kier alpha value is -2.45. The Balaban J connectivity index is 1.27. The fraction of sp³-hybridized carbons (Fsp3) is 0.500. The van der Waals surface area contributed by atoms with Crippen LogP contribution in [0.2, 0.25) is 5.02 Å². The lowest BCUT2D eigenvalue weighted by Gasteiger charge is -2.33. The molecule has 176 valence electrons. The van der Waals surface area contributed by atoms with Crippen molar-refractivity contribution in [1.29, 1.82) is 5.26 Å². The van der Waals surface area contributed by atoms with Gasteiger partial charge in [-0.05, 0) is 17.7 Å². The summed E-state index contributed by atoms with van der Waals surface area (Å²) in [4.78, 5) is 12.9. The van der Waals surface area contributed by atoms with Gasteiger partial charge in [0.05, 0.1) is 29.2 Å². The Morgan fingerprint density at radius 2 is 1.79 bits per heavy atom. The van der Waals surface area contributed by atoms with E-state index >= 15 is 0 Å². The smallest absolute Gasteiger partial charge is 0.225 e. The Kier molecular flexibility index (Phi) is 7.34. The van der Waals surface area contributed by atoms with E-state index in [9.17, 15) is 8.42 Å². The molecule has 33 heavy (non-hydrogen) atoms. The van der Waals surface area contributed by atoms with E-state index in [2.05, 4.69) is 19.8 Å². The van der Waals surface area contributed by atoms with Gasteiger partial charge in [0.1, 0.15) is 17.9 Å². The third kappa shape index (κ3) is 6.12. The van der Waals surface area contributed by atoms with Crippen molar-refractivity contribution in [3.8, 4) is 11.8 Å². The highest BCUT2D eigenvalue weighted by molar-refractivity contribution is 7.88. The number of hydrogen-bond donors (Lipinski definition) is 0. The summed E-state index contributed by atoms with van der Waals surface area (Å²) >= 11 is 6.51. The summed E-state index contributed by atoms with van der Waals surface area (Å²) in [6, 6.07) is 7.89. The maximum atomic E-state index is 11.7. The second-order valence-electron chi connectivity index (χ2n) is 8.39. The number of ether oxygens (including phenoxy) is 1. The lowest BCUT2D eigenvalue weighted by Crippen LogP contribution is -2.47. The lowest BCUT2D eigenvalue weighted by atomic mass is 10.1. The molecule has 2 saturated heterocycles. The highest BCUT2D eigenvalue weighted by atomic mass is 35.5. The molecule has 9 nitrogen and oxygen atoms in total. The molecule has 0 amide bonds. The van der Waals surface area contributed by atoms with Gasteiger partial charge in [-0.1, -0.05) is 17.7 Å². The molecule has 2 aliphatic heterocycles. The van der Waals surface area contributed by atoms with Crippen LogP contribution in [0.4, 0.5) is 5.95 Å². The molecule has 4 rings (SSSR count). The standard InChI is InChI=1S/C22H27ClN6O3S/c1-33(30,31)29-10-8-27(9-11-29)16-17-2-3-21(20(23)12-17)32-19-4-6-28(7-5-19)22-25-14-18(13-24)15-26-22/h2-3,12,14-15,19H,4-11,16H2,1H3. The number of piperidine rings is 1. The van der Waals surface area contributed by atoms with Crippen LogP contribution in [0.3, 0.4) is 0 Å². The Labute approximate surface area is 199 Å². The number of piperazine rings is 1. The predicted molar refractivity (Wildman–Crippen MR) is 126 cm³/mol. The van der Waals surface area contributed by atoms with Crippen molar-refractivity contribution in [1.82, 2.24) is 19.2 Å². The highest BCUT2D eigenvalue weighted by Gasteiger charge is 2.25. The molecular weight excluding hydrogens is 464 g/mol. The van der Waals surface area contributed by atoms with Crippen LogP contribution < -0.4 is 9.64 Å². The molecule has 0 unspecified atom stereocenters. The summed E-state index contributed by atoms with van der Waals surface area (Å²) in [5.41, 5.74) is 1.53. The Morgan fingerprint density at radius 3 is 2.36 bits per heavy atom. The average molecular weight is 491 g/mol. The van der Waals surface area contributed by atoms with Gasteiger partial charge >= 0.3 is 0 Å². The molecule has 2 fully saturated rings. The van der Waals surface area contributed by atoms with Gasteiger partial charge in [-0.15, -0.1) is 0 Å². The van der Waals surface area contributed by atoms with Crippen molar-refractivity contribution >= 4 is 27.6 Å². The van der Waals surface area contributed by atoms with Gasteiger partial charge in [-0.3, -0.25) is 4.90 Å². The second-order valence-corrected chi connectivity index (χ2v) is 10.8. The van der Waals surface area contributed by atoms with Crippen LogP contribution in [-0.4, -0.2) is 79.2 Å². The number of aromatic nitrogens is 2. The van der Waals surface area contributed by atoms with Gasteiger partial charge < -0.3 is 9.64 Å². The van der Waals surface area contributed by atoms with Crippen molar-refractivity contribution in [2.45, 2.75) is 25.5 Å². The number of nitriles is 1. The zero-order valence-electron chi connectivity index (χ0n) is 18.5. The number of hydrogen-bond acceptors (Lipinski definition) is 8. The molecule has 1 aromatic heterocycles. The quantitative estimate of drug-likeness (QED) is 0.606. The van der Waals surface area contributed by atoms with E-state index in [0.717, 1.165) is 38.0 Å². The summed E-state index contributed by atoms with van der Waals surface area (Å²) in [5.74, 6) is 1.31. The van der Waals surface area contributed by atoms with Crippen molar-refractivity contribution < 1.29 is 13.2 Å².